The molecule has 0 radical (unpaired) electrons. The van der Waals surface area contributed by atoms with Crippen molar-refractivity contribution in [3.63, 3.8) is 0 Å². The van der Waals surface area contributed by atoms with Crippen molar-refractivity contribution >= 4 is 11.8 Å². The molecule has 3 aromatic rings. The SMILES string of the molecule is Cc1cccc([C@H]2c3cc(O[C@@H](C)C(=O)NC(C)C)ccc3CCN2C(=O)c2ccccc2)c1. The molecule has 0 unspecified atom stereocenters. The lowest BCUT2D eigenvalue weighted by molar-refractivity contribution is -0.127. The van der Waals surface area contributed by atoms with E-state index in [2.05, 4.69) is 36.5 Å². The highest BCUT2D eigenvalue weighted by Gasteiger charge is 2.33. The van der Waals surface area contributed by atoms with Gasteiger partial charge in [0.1, 0.15) is 5.75 Å². The van der Waals surface area contributed by atoms with Crippen LogP contribution in [0.25, 0.3) is 0 Å². The molecule has 5 nitrogen and oxygen atoms in total. The largest absolute Gasteiger partial charge is 0.481 e. The summed E-state index contributed by atoms with van der Waals surface area (Å²) in [4.78, 5) is 27.9. The highest BCUT2D eigenvalue weighted by Crippen LogP contribution is 2.38. The zero-order chi connectivity index (χ0) is 24.2. The molecule has 1 aliphatic rings. The van der Waals surface area contributed by atoms with E-state index in [-0.39, 0.29) is 23.9 Å². The van der Waals surface area contributed by atoms with Crippen molar-refractivity contribution in [3.8, 4) is 5.75 Å². The Morgan fingerprint density at radius 3 is 2.44 bits per heavy atom. The van der Waals surface area contributed by atoms with Gasteiger partial charge in [-0.3, -0.25) is 9.59 Å². The van der Waals surface area contributed by atoms with E-state index in [0.717, 1.165) is 23.1 Å². The molecular formula is C29H32N2O3. The molecule has 0 fully saturated rings. The maximum absolute atomic E-state index is 13.6. The molecule has 2 atom stereocenters. The average molecular weight is 457 g/mol. The Morgan fingerprint density at radius 1 is 0.971 bits per heavy atom. The minimum Gasteiger partial charge on any atom is -0.481 e. The number of benzene rings is 3. The molecule has 34 heavy (non-hydrogen) atoms. The van der Waals surface area contributed by atoms with Gasteiger partial charge in [0.25, 0.3) is 11.8 Å². The Hall–Kier alpha value is -3.60. The van der Waals surface area contributed by atoms with E-state index < -0.39 is 6.10 Å². The number of aryl methyl sites for hydroxylation is 1. The second kappa shape index (κ2) is 10.1. The molecule has 3 aromatic carbocycles. The lowest BCUT2D eigenvalue weighted by atomic mass is 9.87. The number of carbonyl (C=O) groups excluding carboxylic acids is 2. The predicted octanol–water partition coefficient (Wildman–Crippen LogP) is 5.07. The third kappa shape index (κ3) is 5.14. The van der Waals surface area contributed by atoms with Gasteiger partial charge in [-0.05, 0) is 75.1 Å². The van der Waals surface area contributed by atoms with Crippen LogP contribution in [-0.4, -0.2) is 35.4 Å². The van der Waals surface area contributed by atoms with Crippen LogP contribution in [0, 0.1) is 6.92 Å². The van der Waals surface area contributed by atoms with Crippen LogP contribution in [0.3, 0.4) is 0 Å². The average Bonchev–Trinajstić information content (AvgIpc) is 2.83. The summed E-state index contributed by atoms with van der Waals surface area (Å²) in [5, 5.41) is 2.89. The first-order chi connectivity index (χ1) is 16.3. The molecule has 1 heterocycles. The number of carbonyl (C=O) groups is 2. The summed E-state index contributed by atoms with van der Waals surface area (Å²) in [6.45, 7) is 8.29. The van der Waals surface area contributed by atoms with E-state index in [4.69, 9.17) is 4.74 Å². The highest BCUT2D eigenvalue weighted by atomic mass is 16.5. The fourth-order valence-corrected chi connectivity index (χ4v) is 4.49. The minimum absolute atomic E-state index is 0.00811. The van der Waals surface area contributed by atoms with Crippen molar-refractivity contribution in [3.05, 3.63) is 101 Å². The van der Waals surface area contributed by atoms with Gasteiger partial charge in [-0.1, -0.05) is 54.1 Å². The van der Waals surface area contributed by atoms with Gasteiger partial charge in [-0.25, -0.2) is 0 Å². The number of nitrogens with one attached hydrogen (secondary N) is 1. The standard InChI is InChI=1S/C29H32N2O3/c1-19(2)30-28(32)21(4)34-25-14-13-22-15-16-31(29(33)23-10-6-5-7-11-23)27(26(22)18-25)24-12-8-9-20(3)17-24/h5-14,17-19,21,27H,15-16H2,1-4H3,(H,30,32)/t21-,27-/m0/s1. The van der Waals surface area contributed by atoms with Crippen molar-refractivity contribution in [1.82, 2.24) is 10.2 Å². The van der Waals surface area contributed by atoms with E-state index >= 15 is 0 Å². The van der Waals surface area contributed by atoms with Crippen molar-refractivity contribution in [2.45, 2.75) is 52.3 Å². The highest BCUT2D eigenvalue weighted by molar-refractivity contribution is 5.95. The van der Waals surface area contributed by atoms with Crippen LogP contribution in [0.5, 0.6) is 5.75 Å². The predicted molar refractivity (Wildman–Crippen MR) is 134 cm³/mol. The van der Waals surface area contributed by atoms with Crippen LogP contribution in [0.15, 0.2) is 72.8 Å². The first kappa shape index (κ1) is 23.6. The van der Waals surface area contributed by atoms with E-state index in [1.54, 1.807) is 6.92 Å². The normalized spacial score (nSPS) is 16.0. The summed E-state index contributed by atoms with van der Waals surface area (Å²) in [6, 6.07) is 23.5. The number of ether oxygens (including phenoxy) is 1. The maximum atomic E-state index is 13.6. The Bertz CT molecular complexity index is 1170. The van der Waals surface area contributed by atoms with Crippen molar-refractivity contribution in [2.75, 3.05) is 6.54 Å². The summed E-state index contributed by atoms with van der Waals surface area (Å²) >= 11 is 0. The van der Waals surface area contributed by atoms with Crippen LogP contribution in [0.4, 0.5) is 0 Å². The van der Waals surface area contributed by atoms with E-state index in [1.165, 1.54) is 5.56 Å². The third-order valence-corrected chi connectivity index (χ3v) is 6.10. The smallest absolute Gasteiger partial charge is 0.260 e. The number of nitrogens with zero attached hydrogens (tertiary/aromatic N) is 1. The number of hydrogen-bond donors (Lipinski definition) is 1. The van der Waals surface area contributed by atoms with Crippen LogP contribution in [0.1, 0.15) is 59.4 Å². The van der Waals surface area contributed by atoms with Gasteiger partial charge in [0.15, 0.2) is 6.10 Å². The fraction of sp³-hybridized carbons (Fsp3) is 0.310. The Labute approximate surface area is 201 Å². The minimum atomic E-state index is -0.622. The Morgan fingerprint density at radius 2 is 1.74 bits per heavy atom. The van der Waals surface area contributed by atoms with Crippen molar-refractivity contribution in [1.29, 1.82) is 0 Å². The van der Waals surface area contributed by atoms with Crippen LogP contribution >= 0.6 is 0 Å². The fourth-order valence-electron chi connectivity index (χ4n) is 4.49. The molecule has 4 rings (SSSR count). The topological polar surface area (TPSA) is 58.6 Å². The molecule has 0 bridgehead atoms. The molecule has 0 spiro atoms. The summed E-state index contributed by atoms with van der Waals surface area (Å²) < 4.78 is 6.02. The Balaban J connectivity index is 1.72. The number of hydrogen-bond acceptors (Lipinski definition) is 3. The molecule has 5 heteroatoms. The molecular weight excluding hydrogens is 424 g/mol. The number of amides is 2. The van der Waals surface area contributed by atoms with Gasteiger partial charge < -0.3 is 15.0 Å². The van der Waals surface area contributed by atoms with Crippen LogP contribution in [-0.2, 0) is 11.2 Å². The van der Waals surface area contributed by atoms with Gasteiger partial charge >= 0.3 is 0 Å². The second-order valence-corrected chi connectivity index (χ2v) is 9.22. The van der Waals surface area contributed by atoms with Gasteiger partial charge in [0, 0.05) is 18.2 Å². The molecule has 0 saturated heterocycles. The monoisotopic (exact) mass is 456 g/mol. The quantitative estimate of drug-likeness (QED) is 0.563. The summed E-state index contributed by atoms with van der Waals surface area (Å²) in [5.74, 6) is 0.481. The van der Waals surface area contributed by atoms with Gasteiger partial charge in [0.05, 0.1) is 6.04 Å². The van der Waals surface area contributed by atoms with E-state index in [1.807, 2.05) is 67.3 Å². The molecule has 1 N–H and O–H groups in total. The van der Waals surface area contributed by atoms with Crippen molar-refractivity contribution < 1.29 is 14.3 Å². The molecule has 1 aliphatic heterocycles. The van der Waals surface area contributed by atoms with Crippen LogP contribution < -0.4 is 10.1 Å². The first-order valence-electron chi connectivity index (χ1n) is 11.9. The summed E-state index contributed by atoms with van der Waals surface area (Å²) in [5.41, 5.74) is 5.11. The van der Waals surface area contributed by atoms with E-state index in [0.29, 0.717) is 17.9 Å². The summed E-state index contributed by atoms with van der Waals surface area (Å²) in [7, 11) is 0. The Kier molecular flexibility index (Phi) is 7.01. The first-order valence-corrected chi connectivity index (χ1v) is 11.9. The van der Waals surface area contributed by atoms with Crippen molar-refractivity contribution in [2.24, 2.45) is 0 Å². The van der Waals surface area contributed by atoms with E-state index in [9.17, 15) is 9.59 Å². The summed E-state index contributed by atoms with van der Waals surface area (Å²) in [6.07, 6.45) is 0.142. The number of fused-ring (bicyclic) bond motifs is 1. The molecule has 0 aliphatic carbocycles. The van der Waals surface area contributed by atoms with Gasteiger partial charge in [-0.15, -0.1) is 0 Å². The third-order valence-electron chi connectivity index (χ3n) is 6.10. The molecule has 2 amide bonds. The van der Waals surface area contributed by atoms with Crippen LogP contribution in [0.2, 0.25) is 0 Å². The second-order valence-electron chi connectivity index (χ2n) is 9.22. The zero-order valence-electron chi connectivity index (χ0n) is 20.2. The lowest BCUT2D eigenvalue weighted by Gasteiger charge is -2.38. The zero-order valence-corrected chi connectivity index (χ0v) is 20.2. The molecule has 0 aromatic heterocycles. The molecule has 176 valence electrons. The van der Waals surface area contributed by atoms with Gasteiger partial charge in [0.2, 0.25) is 0 Å². The number of rotatable bonds is 6. The van der Waals surface area contributed by atoms with Gasteiger partial charge in [-0.2, -0.15) is 0 Å². The molecule has 0 saturated carbocycles. The lowest BCUT2D eigenvalue weighted by Crippen LogP contribution is -2.41. The maximum Gasteiger partial charge on any atom is 0.260 e.